The van der Waals surface area contributed by atoms with E-state index in [1.165, 1.54) is 18.3 Å². The Bertz CT molecular complexity index is 1150. The summed E-state index contributed by atoms with van der Waals surface area (Å²) in [5.74, 6) is -1.34. The predicted octanol–water partition coefficient (Wildman–Crippen LogP) is 4.30. The standard InChI is InChI=1S/C17H14Cl2F2N4O2S/c1-8-17(28(2,26)27)25-16(23-8)14(9-3-4-12(20)11(19)5-9)24-15-13(21)6-10(18)7-22-15/h3-7,14H,1-2H3,(H,22,24)(H,23,25)/t14-/m0/s1. The molecule has 2 heterocycles. The lowest BCUT2D eigenvalue weighted by Gasteiger charge is -2.18. The average Bonchev–Trinajstić information content (AvgIpc) is 2.99. The van der Waals surface area contributed by atoms with Gasteiger partial charge in [-0.3, -0.25) is 0 Å². The molecule has 0 aliphatic rings. The number of benzene rings is 1. The normalized spacial score (nSPS) is 12.8. The minimum atomic E-state index is -3.59. The van der Waals surface area contributed by atoms with E-state index in [1.807, 2.05) is 0 Å². The summed E-state index contributed by atoms with van der Waals surface area (Å²) >= 11 is 11.6. The molecule has 0 amide bonds. The molecule has 0 saturated carbocycles. The highest BCUT2D eigenvalue weighted by atomic mass is 35.5. The van der Waals surface area contributed by atoms with E-state index in [0.29, 0.717) is 11.3 Å². The number of pyridine rings is 1. The number of sulfone groups is 1. The Morgan fingerprint density at radius 1 is 1.18 bits per heavy atom. The van der Waals surface area contributed by atoms with Crippen molar-refractivity contribution in [1.82, 2.24) is 15.0 Å². The van der Waals surface area contributed by atoms with E-state index in [4.69, 9.17) is 23.2 Å². The molecule has 2 N–H and O–H groups in total. The fourth-order valence-electron chi connectivity index (χ4n) is 2.62. The summed E-state index contributed by atoms with van der Waals surface area (Å²) in [6, 6.07) is 4.08. The van der Waals surface area contributed by atoms with Gasteiger partial charge in [0.25, 0.3) is 0 Å². The van der Waals surface area contributed by atoms with E-state index >= 15 is 0 Å². The van der Waals surface area contributed by atoms with E-state index in [9.17, 15) is 17.2 Å². The van der Waals surface area contributed by atoms with Crippen molar-refractivity contribution >= 4 is 38.9 Å². The van der Waals surface area contributed by atoms with Crippen molar-refractivity contribution in [2.45, 2.75) is 18.0 Å². The minimum Gasteiger partial charge on any atom is -0.354 e. The van der Waals surface area contributed by atoms with Crippen LogP contribution in [-0.2, 0) is 9.84 Å². The molecule has 0 saturated heterocycles. The third-order valence-electron chi connectivity index (χ3n) is 3.85. The SMILES string of the molecule is Cc1[nH]c([C@@H](Nc2ncc(Cl)cc2F)c2ccc(F)c(Cl)c2)nc1S(C)(=O)=O. The molecule has 11 heteroatoms. The van der Waals surface area contributed by atoms with Gasteiger partial charge in [-0.25, -0.2) is 27.2 Å². The molecule has 28 heavy (non-hydrogen) atoms. The molecule has 3 rings (SSSR count). The number of nitrogens with zero attached hydrogens (tertiary/aromatic N) is 2. The van der Waals surface area contributed by atoms with Crippen LogP contribution in [0.3, 0.4) is 0 Å². The molecule has 0 fully saturated rings. The van der Waals surface area contributed by atoms with Gasteiger partial charge in [0.15, 0.2) is 26.5 Å². The van der Waals surface area contributed by atoms with Crippen LogP contribution in [0.5, 0.6) is 0 Å². The van der Waals surface area contributed by atoms with Crippen LogP contribution >= 0.6 is 23.2 Å². The highest BCUT2D eigenvalue weighted by Gasteiger charge is 2.25. The molecule has 6 nitrogen and oxygen atoms in total. The summed E-state index contributed by atoms with van der Waals surface area (Å²) in [6.45, 7) is 1.54. The maximum atomic E-state index is 14.2. The van der Waals surface area contributed by atoms with Gasteiger partial charge in [-0.05, 0) is 30.7 Å². The number of halogens is 4. The topological polar surface area (TPSA) is 87.7 Å². The number of nitrogens with one attached hydrogen (secondary N) is 2. The first-order valence-corrected chi connectivity index (χ1v) is 10.5. The van der Waals surface area contributed by atoms with Gasteiger partial charge < -0.3 is 10.3 Å². The third-order valence-corrected chi connectivity index (χ3v) is 5.45. The van der Waals surface area contributed by atoms with E-state index in [1.54, 1.807) is 6.92 Å². The number of anilines is 1. The highest BCUT2D eigenvalue weighted by molar-refractivity contribution is 7.90. The molecule has 3 aromatic rings. The monoisotopic (exact) mass is 446 g/mol. The summed E-state index contributed by atoms with van der Waals surface area (Å²) in [4.78, 5) is 10.9. The second-order valence-electron chi connectivity index (χ2n) is 6.06. The van der Waals surface area contributed by atoms with Gasteiger partial charge in [0.05, 0.1) is 15.7 Å². The van der Waals surface area contributed by atoms with Crippen molar-refractivity contribution in [1.29, 1.82) is 0 Å². The molecule has 1 aromatic carbocycles. The zero-order chi connectivity index (χ0) is 20.6. The Kier molecular flexibility index (Phi) is 5.60. The first-order valence-electron chi connectivity index (χ1n) is 7.85. The van der Waals surface area contributed by atoms with E-state index < -0.39 is 27.5 Å². The van der Waals surface area contributed by atoms with E-state index in [-0.39, 0.29) is 26.7 Å². The Hall–Kier alpha value is -2.23. The smallest absolute Gasteiger partial charge is 0.194 e. The van der Waals surface area contributed by atoms with Crippen LogP contribution < -0.4 is 5.32 Å². The van der Waals surface area contributed by atoms with Gasteiger partial charge >= 0.3 is 0 Å². The van der Waals surface area contributed by atoms with Crippen molar-refractivity contribution in [2.24, 2.45) is 0 Å². The van der Waals surface area contributed by atoms with Gasteiger partial charge in [-0.2, -0.15) is 0 Å². The maximum absolute atomic E-state index is 14.2. The molecule has 2 aromatic heterocycles. The van der Waals surface area contributed by atoms with E-state index in [0.717, 1.165) is 18.4 Å². The number of aryl methyl sites for hydroxylation is 1. The average molecular weight is 447 g/mol. The van der Waals surface area contributed by atoms with Crippen LogP contribution in [0, 0.1) is 18.6 Å². The Labute approximate surface area is 169 Å². The number of aromatic amines is 1. The number of rotatable bonds is 5. The molecule has 148 valence electrons. The number of H-pyrrole nitrogens is 1. The lowest BCUT2D eigenvalue weighted by atomic mass is 10.1. The van der Waals surface area contributed by atoms with Crippen molar-refractivity contribution in [3.8, 4) is 0 Å². The Balaban J connectivity index is 2.13. The maximum Gasteiger partial charge on any atom is 0.194 e. The van der Waals surface area contributed by atoms with Crippen LogP contribution in [0.4, 0.5) is 14.6 Å². The molecule has 1 atom stereocenters. The lowest BCUT2D eigenvalue weighted by molar-refractivity contribution is 0.597. The molecule has 0 aliphatic heterocycles. The summed E-state index contributed by atoms with van der Waals surface area (Å²) < 4.78 is 51.6. The van der Waals surface area contributed by atoms with Gasteiger partial charge in [0.2, 0.25) is 0 Å². The Morgan fingerprint density at radius 3 is 2.46 bits per heavy atom. The fourth-order valence-corrected chi connectivity index (χ4v) is 3.83. The van der Waals surface area contributed by atoms with Crippen molar-refractivity contribution in [2.75, 3.05) is 11.6 Å². The quantitative estimate of drug-likeness (QED) is 0.609. The second-order valence-corrected chi connectivity index (χ2v) is 8.83. The van der Waals surface area contributed by atoms with Crippen LogP contribution in [0.2, 0.25) is 10.0 Å². The molecule has 0 unspecified atom stereocenters. The number of aromatic nitrogens is 3. The number of imidazole rings is 1. The summed E-state index contributed by atoms with van der Waals surface area (Å²) in [5.41, 5.74) is 0.721. The largest absolute Gasteiger partial charge is 0.354 e. The predicted molar refractivity (Wildman–Crippen MR) is 103 cm³/mol. The molecular weight excluding hydrogens is 433 g/mol. The van der Waals surface area contributed by atoms with Crippen LogP contribution in [0.25, 0.3) is 0 Å². The van der Waals surface area contributed by atoms with Crippen molar-refractivity contribution in [3.63, 3.8) is 0 Å². The number of hydrogen-bond donors (Lipinski definition) is 2. The first-order chi connectivity index (χ1) is 13.1. The zero-order valence-corrected chi connectivity index (χ0v) is 16.9. The third kappa shape index (κ3) is 4.26. The first kappa shape index (κ1) is 20.5. The summed E-state index contributed by atoms with van der Waals surface area (Å²) in [6.07, 6.45) is 2.27. The molecule has 0 aliphatic carbocycles. The summed E-state index contributed by atoms with van der Waals surface area (Å²) in [5, 5.41) is 2.64. The molecule has 0 radical (unpaired) electrons. The lowest BCUT2D eigenvalue weighted by Crippen LogP contribution is -2.16. The van der Waals surface area contributed by atoms with Gasteiger partial charge in [-0.1, -0.05) is 29.3 Å². The summed E-state index contributed by atoms with van der Waals surface area (Å²) in [7, 11) is -3.59. The van der Waals surface area contributed by atoms with Gasteiger partial charge in [-0.15, -0.1) is 0 Å². The molecular formula is C17H14Cl2F2N4O2S. The Morgan fingerprint density at radius 2 is 1.89 bits per heavy atom. The molecule has 0 bridgehead atoms. The number of hydrogen-bond acceptors (Lipinski definition) is 5. The second kappa shape index (κ2) is 7.65. The van der Waals surface area contributed by atoms with Crippen LogP contribution in [0.1, 0.15) is 23.1 Å². The van der Waals surface area contributed by atoms with Crippen molar-refractivity contribution in [3.05, 3.63) is 69.2 Å². The van der Waals surface area contributed by atoms with E-state index in [2.05, 4.69) is 20.3 Å². The molecule has 0 spiro atoms. The highest BCUT2D eigenvalue weighted by Crippen LogP contribution is 2.30. The van der Waals surface area contributed by atoms with Gasteiger partial charge in [0, 0.05) is 12.5 Å². The zero-order valence-electron chi connectivity index (χ0n) is 14.6. The fraction of sp³-hybridized carbons (Fsp3) is 0.176. The van der Waals surface area contributed by atoms with Gasteiger partial charge in [0.1, 0.15) is 17.7 Å². The van der Waals surface area contributed by atoms with Crippen LogP contribution in [-0.4, -0.2) is 29.6 Å². The van der Waals surface area contributed by atoms with Crippen molar-refractivity contribution < 1.29 is 17.2 Å². The minimum absolute atomic E-state index is 0.109. The van der Waals surface area contributed by atoms with Crippen LogP contribution in [0.15, 0.2) is 35.5 Å².